The molecule has 4 rings (SSSR count). The van der Waals surface area contributed by atoms with Crippen LogP contribution in [-0.4, -0.2) is 45.5 Å². The van der Waals surface area contributed by atoms with Gasteiger partial charge >= 0.3 is 0 Å². The lowest BCUT2D eigenvalue weighted by molar-refractivity contribution is -0.125. The number of amides is 1. The number of nitrogens with zero attached hydrogens (tertiary/aromatic N) is 4. The molecule has 1 amide bonds. The molecule has 0 atom stereocenters. The van der Waals surface area contributed by atoms with Gasteiger partial charge in [-0.3, -0.25) is 4.79 Å². The second kappa shape index (κ2) is 6.92. The van der Waals surface area contributed by atoms with Crippen molar-refractivity contribution in [2.24, 2.45) is 5.92 Å². The Morgan fingerprint density at radius 3 is 3.00 bits per heavy atom. The molecule has 0 spiro atoms. The third-order valence-corrected chi connectivity index (χ3v) is 4.62. The summed E-state index contributed by atoms with van der Waals surface area (Å²) in [7, 11) is 0. The number of H-pyrrole nitrogens is 1. The molecule has 1 saturated heterocycles. The molecule has 0 saturated carbocycles. The number of carbonyl (C=O) groups excluding carboxylic acids is 1. The molecule has 0 aliphatic carbocycles. The van der Waals surface area contributed by atoms with Crippen molar-refractivity contribution in [1.29, 1.82) is 0 Å². The standard InChI is InChI=1S/C17H20N6O2/c24-17(18-6-3-13-2-1-9-25-13)12-4-7-23(8-5-12)16-14-15(20-10-19-14)21-11-22-16/h1-2,9-12H,3-8H2,(H,18,24)(H,19,20,21,22). The normalized spacial score (nSPS) is 15.6. The predicted molar refractivity (Wildman–Crippen MR) is 92.0 cm³/mol. The van der Waals surface area contributed by atoms with Crippen LogP contribution in [0, 0.1) is 5.92 Å². The van der Waals surface area contributed by atoms with Crippen LogP contribution >= 0.6 is 0 Å². The van der Waals surface area contributed by atoms with E-state index in [-0.39, 0.29) is 11.8 Å². The van der Waals surface area contributed by atoms with E-state index in [2.05, 4.69) is 30.2 Å². The summed E-state index contributed by atoms with van der Waals surface area (Å²) < 4.78 is 5.27. The molecule has 0 bridgehead atoms. The van der Waals surface area contributed by atoms with Crippen LogP contribution in [0.5, 0.6) is 0 Å². The Morgan fingerprint density at radius 2 is 2.20 bits per heavy atom. The number of aromatic amines is 1. The number of rotatable bonds is 5. The van der Waals surface area contributed by atoms with E-state index in [1.165, 1.54) is 6.33 Å². The van der Waals surface area contributed by atoms with Gasteiger partial charge in [-0.15, -0.1) is 0 Å². The number of anilines is 1. The first-order valence-electron chi connectivity index (χ1n) is 8.50. The fourth-order valence-electron chi connectivity index (χ4n) is 3.25. The van der Waals surface area contributed by atoms with Crippen molar-refractivity contribution in [3.63, 3.8) is 0 Å². The van der Waals surface area contributed by atoms with Crippen molar-refractivity contribution in [3.05, 3.63) is 36.8 Å². The van der Waals surface area contributed by atoms with E-state index < -0.39 is 0 Å². The second-order valence-electron chi connectivity index (χ2n) is 6.18. The number of carbonyl (C=O) groups is 1. The maximum atomic E-state index is 12.3. The zero-order valence-corrected chi connectivity index (χ0v) is 13.8. The molecule has 8 heteroatoms. The monoisotopic (exact) mass is 340 g/mol. The average molecular weight is 340 g/mol. The highest BCUT2D eigenvalue weighted by Gasteiger charge is 2.26. The third-order valence-electron chi connectivity index (χ3n) is 4.62. The topological polar surface area (TPSA) is 99.9 Å². The van der Waals surface area contributed by atoms with Gasteiger partial charge in [0.1, 0.15) is 17.6 Å². The summed E-state index contributed by atoms with van der Waals surface area (Å²) in [4.78, 5) is 30.3. The largest absolute Gasteiger partial charge is 0.469 e. The minimum atomic E-state index is 0.0481. The second-order valence-corrected chi connectivity index (χ2v) is 6.18. The summed E-state index contributed by atoms with van der Waals surface area (Å²) in [6.07, 6.45) is 7.15. The van der Waals surface area contributed by atoms with Crippen molar-refractivity contribution in [1.82, 2.24) is 25.3 Å². The van der Waals surface area contributed by atoms with Gasteiger partial charge in [0.15, 0.2) is 11.5 Å². The number of imidazole rings is 1. The van der Waals surface area contributed by atoms with Crippen molar-refractivity contribution in [2.45, 2.75) is 19.3 Å². The lowest BCUT2D eigenvalue weighted by atomic mass is 9.96. The first-order valence-corrected chi connectivity index (χ1v) is 8.50. The zero-order valence-electron chi connectivity index (χ0n) is 13.8. The molecular weight excluding hydrogens is 320 g/mol. The Bertz CT molecular complexity index is 836. The minimum absolute atomic E-state index is 0.0481. The maximum Gasteiger partial charge on any atom is 0.223 e. The van der Waals surface area contributed by atoms with Gasteiger partial charge in [0.25, 0.3) is 0 Å². The Morgan fingerprint density at radius 1 is 1.32 bits per heavy atom. The number of nitrogens with one attached hydrogen (secondary N) is 2. The number of hydrogen-bond donors (Lipinski definition) is 2. The van der Waals surface area contributed by atoms with E-state index in [0.29, 0.717) is 12.2 Å². The number of piperidine rings is 1. The van der Waals surface area contributed by atoms with Gasteiger partial charge in [0.05, 0.1) is 12.6 Å². The van der Waals surface area contributed by atoms with Crippen LogP contribution < -0.4 is 10.2 Å². The molecule has 1 aliphatic rings. The smallest absolute Gasteiger partial charge is 0.223 e. The highest BCUT2D eigenvalue weighted by molar-refractivity contribution is 5.83. The predicted octanol–water partition coefficient (Wildman–Crippen LogP) is 1.52. The van der Waals surface area contributed by atoms with Gasteiger partial charge in [0, 0.05) is 32.0 Å². The van der Waals surface area contributed by atoms with Crippen LogP contribution in [-0.2, 0) is 11.2 Å². The van der Waals surface area contributed by atoms with Gasteiger partial charge < -0.3 is 19.6 Å². The summed E-state index contributed by atoms with van der Waals surface area (Å²) in [6, 6.07) is 3.78. The van der Waals surface area contributed by atoms with E-state index in [4.69, 9.17) is 4.42 Å². The molecule has 1 aliphatic heterocycles. The zero-order chi connectivity index (χ0) is 17.1. The third kappa shape index (κ3) is 3.33. The summed E-state index contributed by atoms with van der Waals surface area (Å²) in [6.45, 7) is 2.19. The summed E-state index contributed by atoms with van der Waals surface area (Å²) >= 11 is 0. The molecule has 0 aromatic carbocycles. The van der Waals surface area contributed by atoms with E-state index >= 15 is 0 Å². The molecule has 1 fully saturated rings. The van der Waals surface area contributed by atoms with Crippen LogP contribution in [0.3, 0.4) is 0 Å². The van der Waals surface area contributed by atoms with Gasteiger partial charge in [-0.25, -0.2) is 15.0 Å². The molecule has 4 heterocycles. The molecule has 0 radical (unpaired) electrons. The van der Waals surface area contributed by atoms with Crippen LogP contribution in [0.2, 0.25) is 0 Å². The van der Waals surface area contributed by atoms with E-state index in [9.17, 15) is 4.79 Å². The molecule has 130 valence electrons. The maximum absolute atomic E-state index is 12.3. The summed E-state index contributed by atoms with van der Waals surface area (Å²) in [5, 5.41) is 3.01. The molecule has 8 nitrogen and oxygen atoms in total. The van der Waals surface area contributed by atoms with E-state index in [0.717, 1.165) is 49.4 Å². The Labute approximate surface area is 144 Å². The average Bonchev–Trinajstić information content (AvgIpc) is 3.33. The minimum Gasteiger partial charge on any atom is -0.469 e. The fraction of sp³-hybridized carbons (Fsp3) is 0.412. The fourth-order valence-corrected chi connectivity index (χ4v) is 3.25. The molecule has 25 heavy (non-hydrogen) atoms. The molecule has 3 aromatic rings. The quantitative estimate of drug-likeness (QED) is 0.730. The SMILES string of the molecule is O=C(NCCc1ccco1)C1CCN(c2ncnc3nc[nH]c23)CC1. The van der Waals surface area contributed by atoms with Crippen molar-refractivity contribution >= 4 is 22.9 Å². The van der Waals surface area contributed by atoms with Gasteiger partial charge in [-0.1, -0.05) is 0 Å². The number of hydrogen-bond acceptors (Lipinski definition) is 6. The van der Waals surface area contributed by atoms with E-state index in [1.54, 1.807) is 12.6 Å². The Hall–Kier alpha value is -2.90. The number of fused-ring (bicyclic) bond motifs is 1. The number of aromatic nitrogens is 4. The molecule has 0 unspecified atom stereocenters. The lowest BCUT2D eigenvalue weighted by Crippen LogP contribution is -2.41. The lowest BCUT2D eigenvalue weighted by Gasteiger charge is -2.32. The van der Waals surface area contributed by atoms with Gasteiger partial charge in [-0.2, -0.15) is 0 Å². The Balaban J connectivity index is 1.30. The highest BCUT2D eigenvalue weighted by Crippen LogP contribution is 2.25. The summed E-state index contributed by atoms with van der Waals surface area (Å²) in [5.74, 6) is 1.93. The van der Waals surface area contributed by atoms with Crippen LogP contribution in [0.1, 0.15) is 18.6 Å². The van der Waals surface area contributed by atoms with Crippen molar-refractivity contribution in [3.8, 4) is 0 Å². The van der Waals surface area contributed by atoms with Crippen LogP contribution in [0.25, 0.3) is 11.2 Å². The first-order chi connectivity index (χ1) is 12.3. The van der Waals surface area contributed by atoms with Crippen LogP contribution in [0.15, 0.2) is 35.5 Å². The molecule has 2 N–H and O–H groups in total. The van der Waals surface area contributed by atoms with E-state index in [1.807, 2.05) is 12.1 Å². The first kappa shape index (κ1) is 15.6. The molecule has 3 aromatic heterocycles. The number of furan rings is 1. The summed E-state index contributed by atoms with van der Waals surface area (Å²) in [5.41, 5.74) is 1.52. The molecular formula is C17H20N6O2. The van der Waals surface area contributed by atoms with Gasteiger partial charge in [0.2, 0.25) is 5.91 Å². The van der Waals surface area contributed by atoms with Crippen molar-refractivity contribution < 1.29 is 9.21 Å². The highest BCUT2D eigenvalue weighted by atomic mass is 16.3. The van der Waals surface area contributed by atoms with Crippen LogP contribution in [0.4, 0.5) is 5.82 Å². The Kier molecular flexibility index (Phi) is 4.32. The van der Waals surface area contributed by atoms with Crippen molar-refractivity contribution in [2.75, 3.05) is 24.5 Å². The van der Waals surface area contributed by atoms with Gasteiger partial charge in [-0.05, 0) is 25.0 Å².